The summed E-state index contributed by atoms with van der Waals surface area (Å²) >= 11 is 0. The van der Waals surface area contributed by atoms with Crippen molar-refractivity contribution in [3.05, 3.63) is 65.2 Å². The predicted octanol–water partition coefficient (Wildman–Crippen LogP) is 3.98. The SMILES string of the molecule is CC1=NN(c2cccc(C(=O)O)c2)C(=O)/C1=C/c1ccccc1OC(C)C. The summed E-state index contributed by atoms with van der Waals surface area (Å²) in [4.78, 5) is 24.1. The lowest BCUT2D eigenvalue weighted by atomic mass is 10.1. The Morgan fingerprint density at radius 1 is 1.19 bits per heavy atom. The van der Waals surface area contributed by atoms with Crippen molar-refractivity contribution in [2.75, 3.05) is 5.01 Å². The van der Waals surface area contributed by atoms with E-state index in [9.17, 15) is 9.59 Å². The normalized spacial score (nSPS) is 15.4. The molecule has 1 aliphatic rings. The summed E-state index contributed by atoms with van der Waals surface area (Å²) in [5, 5.41) is 14.7. The number of benzene rings is 2. The van der Waals surface area contributed by atoms with Gasteiger partial charge in [0.15, 0.2) is 0 Å². The van der Waals surface area contributed by atoms with Crippen LogP contribution in [0.5, 0.6) is 5.75 Å². The molecule has 0 spiro atoms. The Bertz CT molecular complexity index is 960. The van der Waals surface area contributed by atoms with Gasteiger partial charge >= 0.3 is 5.97 Å². The Morgan fingerprint density at radius 2 is 1.93 bits per heavy atom. The molecule has 0 aliphatic carbocycles. The summed E-state index contributed by atoms with van der Waals surface area (Å²) in [6.45, 7) is 5.62. The molecule has 2 aromatic carbocycles. The molecule has 1 N–H and O–H groups in total. The molecule has 27 heavy (non-hydrogen) atoms. The lowest BCUT2D eigenvalue weighted by Gasteiger charge is -2.13. The standard InChI is InChI=1S/C21H20N2O4/c1-13(2)27-19-10-5-4-7-15(19)12-18-14(3)22-23(20(18)24)17-9-6-8-16(11-17)21(25)26/h4-13H,1-3H3,(H,25,26)/b18-12+. The third kappa shape index (κ3) is 3.89. The molecule has 138 valence electrons. The molecule has 0 atom stereocenters. The second-order valence-electron chi connectivity index (χ2n) is 6.42. The average molecular weight is 364 g/mol. The van der Waals surface area contributed by atoms with E-state index in [0.717, 1.165) is 5.56 Å². The quantitative estimate of drug-likeness (QED) is 0.814. The fourth-order valence-electron chi connectivity index (χ4n) is 2.75. The molecular formula is C21H20N2O4. The van der Waals surface area contributed by atoms with Gasteiger partial charge in [0.05, 0.1) is 28.6 Å². The lowest BCUT2D eigenvalue weighted by Crippen LogP contribution is -2.21. The van der Waals surface area contributed by atoms with Gasteiger partial charge in [0.2, 0.25) is 0 Å². The number of nitrogens with zero attached hydrogens (tertiary/aromatic N) is 2. The second kappa shape index (κ2) is 7.45. The van der Waals surface area contributed by atoms with E-state index in [4.69, 9.17) is 9.84 Å². The first kappa shape index (κ1) is 18.4. The van der Waals surface area contributed by atoms with Crippen molar-refractivity contribution in [2.45, 2.75) is 26.9 Å². The molecule has 0 radical (unpaired) electrons. The number of ether oxygens (including phenoxy) is 1. The first-order chi connectivity index (χ1) is 12.9. The summed E-state index contributed by atoms with van der Waals surface area (Å²) in [6, 6.07) is 13.6. The van der Waals surface area contributed by atoms with Gasteiger partial charge in [-0.15, -0.1) is 0 Å². The molecule has 0 saturated carbocycles. The zero-order chi connectivity index (χ0) is 19.6. The summed E-state index contributed by atoms with van der Waals surface area (Å²) in [7, 11) is 0. The third-order valence-corrected chi connectivity index (χ3v) is 3.98. The summed E-state index contributed by atoms with van der Waals surface area (Å²) in [5.41, 5.74) is 2.29. The van der Waals surface area contributed by atoms with Crippen molar-refractivity contribution in [3.8, 4) is 5.75 Å². The van der Waals surface area contributed by atoms with E-state index in [2.05, 4.69) is 5.10 Å². The Balaban J connectivity index is 1.96. The fraction of sp³-hybridized carbons (Fsp3) is 0.190. The molecule has 0 saturated heterocycles. The number of anilines is 1. The summed E-state index contributed by atoms with van der Waals surface area (Å²) in [5.74, 6) is -0.680. The zero-order valence-corrected chi connectivity index (χ0v) is 15.3. The third-order valence-electron chi connectivity index (χ3n) is 3.98. The number of carbonyl (C=O) groups is 2. The number of hydrazone groups is 1. The molecule has 1 amide bonds. The monoisotopic (exact) mass is 364 g/mol. The Hall–Kier alpha value is -3.41. The number of hydrogen-bond acceptors (Lipinski definition) is 4. The van der Waals surface area contributed by atoms with Gasteiger partial charge in [-0.2, -0.15) is 10.1 Å². The molecule has 3 rings (SSSR count). The number of hydrogen-bond donors (Lipinski definition) is 1. The van der Waals surface area contributed by atoms with Crippen molar-refractivity contribution in [3.63, 3.8) is 0 Å². The number of carbonyl (C=O) groups excluding carboxylic acids is 1. The van der Waals surface area contributed by atoms with Gasteiger partial charge in [-0.3, -0.25) is 4.79 Å². The van der Waals surface area contributed by atoms with E-state index in [0.29, 0.717) is 22.7 Å². The van der Waals surface area contributed by atoms with Gasteiger partial charge in [-0.05, 0) is 51.1 Å². The Labute approximate surface area is 157 Å². The molecular weight excluding hydrogens is 344 g/mol. The van der Waals surface area contributed by atoms with Gasteiger partial charge in [0.25, 0.3) is 5.91 Å². The van der Waals surface area contributed by atoms with Crippen LogP contribution in [0, 0.1) is 0 Å². The van der Waals surface area contributed by atoms with E-state index in [1.807, 2.05) is 38.1 Å². The van der Waals surface area contributed by atoms with Crippen LogP contribution in [-0.2, 0) is 4.79 Å². The van der Waals surface area contributed by atoms with Gasteiger partial charge in [-0.25, -0.2) is 4.79 Å². The highest BCUT2D eigenvalue weighted by atomic mass is 16.5. The first-order valence-corrected chi connectivity index (χ1v) is 8.57. The van der Waals surface area contributed by atoms with Crippen LogP contribution < -0.4 is 9.75 Å². The minimum absolute atomic E-state index is 0.00819. The van der Waals surface area contributed by atoms with E-state index in [1.54, 1.807) is 25.1 Å². The second-order valence-corrected chi connectivity index (χ2v) is 6.42. The van der Waals surface area contributed by atoms with E-state index >= 15 is 0 Å². The molecule has 6 nitrogen and oxygen atoms in total. The fourth-order valence-corrected chi connectivity index (χ4v) is 2.75. The molecule has 2 aromatic rings. The Kier molecular flexibility index (Phi) is 5.07. The maximum atomic E-state index is 12.9. The number of para-hydroxylation sites is 1. The number of carboxylic acids is 1. The van der Waals surface area contributed by atoms with Gasteiger partial charge in [-0.1, -0.05) is 24.3 Å². The molecule has 1 aliphatic heterocycles. The van der Waals surface area contributed by atoms with Crippen LogP contribution in [0.1, 0.15) is 36.7 Å². The number of amides is 1. The van der Waals surface area contributed by atoms with E-state index < -0.39 is 5.97 Å². The topological polar surface area (TPSA) is 79.2 Å². The predicted molar refractivity (Wildman–Crippen MR) is 104 cm³/mol. The van der Waals surface area contributed by atoms with Crippen LogP contribution in [0.25, 0.3) is 6.08 Å². The van der Waals surface area contributed by atoms with Crippen molar-refractivity contribution in [2.24, 2.45) is 5.10 Å². The van der Waals surface area contributed by atoms with Gasteiger partial charge in [0.1, 0.15) is 5.75 Å². The smallest absolute Gasteiger partial charge is 0.335 e. The summed E-state index contributed by atoms with van der Waals surface area (Å²) in [6.07, 6.45) is 1.76. The highest BCUT2D eigenvalue weighted by Gasteiger charge is 2.29. The maximum Gasteiger partial charge on any atom is 0.335 e. The molecule has 1 heterocycles. The molecule has 0 bridgehead atoms. The van der Waals surface area contributed by atoms with E-state index in [1.165, 1.54) is 17.1 Å². The van der Waals surface area contributed by atoms with Crippen LogP contribution in [-0.4, -0.2) is 28.8 Å². The van der Waals surface area contributed by atoms with Gasteiger partial charge in [0, 0.05) is 5.56 Å². The van der Waals surface area contributed by atoms with Crippen molar-refractivity contribution >= 4 is 29.4 Å². The number of aromatic carboxylic acids is 1. The van der Waals surface area contributed by atoms with Crippen LogP contribution in [0.4, 0.5) is 5.69 Å². The lowest BCUT2D eigenvalue weighted by molar-refractivity contribution is -0.114. The van der Waals surface area contributed by atoms with Crippen LogP contribution >= 0.6 is 0 Å². The maximum absolute atomic E-state index is 12.9. The molecule has 0 fully saturated rings. The number of rotatable bonds is 5. The Morgan fingerprint density at radius 3 is 2.63 bits per heavy atom. The van der Waals surface area contributed by atoms with Crippen LogP contribution in [0.2, 0.25) is 0 Å². The molecule has 0 unspecified atom stereocenters. The highest BCUT2D eigenvalue weighted by molar-refractivity contribution is 6.32. The largest absolute Gasteiger partial charge is 0.490 e. The van der Waals surface area contributed by atoms with Crippen molar-refractivity contribution < 1.29 is 19.4 Å². The first-order valence-electron chi connectivity index (χ1n) is 8.57. The van der Waals surface area contributed by atoms with Crippen LogP contribution in [0.3, 0.4) is 0 Å². The van der Waals surface area contributed by atoms with Crippen LogP contribution in [0.15, 0.2) is 59.2 Å². The number of carboxylic acid groups (broad SMARTS) is 1. The highest BCUT2D eigenvalue weighted by Crippen LogP contribution is 2.28. The average Bonchev–Trinajstić information content (AvgIpc) is 2.91. The minimum Gasteiger partial charge on any atom is -0.490 e. The zero-order valence-electron chi connectivity index (χ0n) is 15.3. The van der Waals surface area contributed by atoms with E-state index in [-0.39, 0.29) is 17.6 Å². The molecule has 0 aromatic heterocycles. The minimum atomic E-state index is -1.06. The van der Waals surface area contributed by atoms with Crippen molar-refractivity contribution in [1.29, 1.82) is 0 Å². The summed E-state index contributed by atoms with van der Waals surface area (Å²) < 4.78 is 5.81. The molecule has 6 heteroatoms. The van der Waals surface area contributed by atoms with Gasteiger partial charge < -0.3 is 9.84 Å². The van der Waals surface area contributed by atoms with Crippen molar-refractivity contribution in [1.82, 2.24) is 0 Å².